The van der Waals surface area contributed by atoms with Crippen LogP contribution in [0.3, 0.4) is 0 Å². The molecule has 0 fully saturated rings. The van der Waals surface area contributed by atoms with Gasteiger partial charge in [-0.25, -0.2) is 8.42 Å². The fourth-order valence-corrected chi connectivity index (χ4v) is 4.66. The van der Waals surface area contributed by atoms with Crippen LogP contribution in [0.25, 0.3) is 0 Å². The Kier molecular flexibility index (Phi) is 7.21. The van der Waals surface area contributed by atoms with Crippen LogP contribution in [-0.4, -0.2) is 18.6 Å². The number of benzene rings is 3. The number of amides is 1. The molecule has 0 saturated carbocycles. The van der Waals surface area contributed by atoms with E-state index in [0.29, 0.717) is 17.2 Å². The molecule has 1 N–H and O–H groups in total. The van der Waals surface area contributed by atoms with Gasteiger partial charge in [-0.15, -0.1) is 0 Å². The lowest BCUT2D eigenvalue weighted by Crippen LogP contribution is -2.31. The van der Waals surface area contributed by atoms with Crippen LogP contribution >= 0.6 is 0 Å². The molecule has 3 aromatic carbocycles. The van der Waals surface area contributed by atoms with Crippen molar-refractivity contribution in [2.24, 2.45) is 0 Å². The number of nitrogens with one attached hydrogen (secondary N) is 1. The molecule has 1 amide bonds. The van der Waals surface area contributed by atoms with E-state index in [1.54, 1.807) is 31.2 Å². The van der Waals surface area contributed by atoms with E-state index in [1.807, 2.05) is 0 Å². The van der Waals surface area contributed by atoms with Crippen molar-refractivity contribution in [3.05, 3.63) is 106 Å². The van der Waals surface area contributed by atoms with Crippen molar-refractivity contribution in [3.63, 3.8) is 0 Å². The lowest BCUT2D eigenvalue weighted by atomic mass is 10.1. The summed E-state index contributed by atoms with van der Waals surface area (Å²) in [5.41, 5.74) is 2.29. The Balaban J connectivity index is 2.01. The maximum Gasteiger partial charge on any atom is 0.416 e. The SMILES string of the molecule is Cc1ccccc1CN(Cc1ccc(C(=O)N[O-])cc1)S(=O)(=O)c1cccc(C(F)(F)F)c1. The minimum Gasteiger partial charge on any atom is -0.759 e. The van der Waals surface area contributed by atoms with Crippen molar-refractivity contribution in [1.29, 1.82) is 0 Å². The summed E-state index contributed by atoms with van der Waals surface area (Å²) in [7, 11) is -4.32. The Bertz CT molecular complexity index is 1240. The number of alkyl halides is 3. The Morgan fingerprint density at radius 2 is 1.64 bits per heavy atom. The second-order valence-electron chi connectivity index (χ2n) is 7.35. The summed E-state index contributed by atoms with van der Waals surface area (Å²) >= 11 is 0. The van der Waals surface area contributed by atoms with Crippen LogP contribution < -0.4 is 5.48 Å². The van der Waals surface area contributed by atoms with E-state index < -0.39 is 32.6 Å². The van der Waals surface area contributed by atoms with Crippen LogP contribution in [0.4, 0.5) is 13.2 Å². The van der Waals surface area contributed by atoms with Crippen molar-refractivity contribution < 1.29 is 26.4 Å². The summed E-state index contributed by atoms with van der Waals surface area (Å²) in [6.07, 6.45) is -4.69. The zero-order valence-corrected chi connectivity index (χ0v) is 18.3. The maximum atomic E-state index is 13.4. The van der Waals surface area contributed by atoms with Crippen molar-refractivity contribution in [1.82, 2.24) is 9.79 Å². The third-order valence-electron chi connectivity index (χ3n) is 5.07. The second-order valence-corrected chi connectivity index (χ2v) is 9.29. The Morgan fingerprint density at radius 3 is 2.24 bits per heavy atom. The molecule has 6 nitrogen and oxygen atoms in total. The highest BCUT2D eigenvalue weighted by atomic mass is 32.2. The van der Waals surface area contributed by atoms with Gasteiger partial charge in [0.1, 0.15) is 0 Å². The molecule has 3 aromatic rings. The number of aryl methyl sites for hydroxylation is 1. The van der Waals surface area contributed by atoms with Gasteiger partial charge in [0, 0.05) is 18.7 Å². The summed E-state index contributed by atoms with van der Waals surface area (Å²) in [5, 5.41) is 10.5. The number of nitrogens with zero attached hydrogens (tertiary/aromatic N) is 1. The molecule has 3 rings (SSSR count). The lowest BCUT2D eigenvalue weighted by molar-refractivity contribution is -0.137. The average Bonchev–Trinajstić information content (AvgIpc) is 2.79. The van der Waals surface area contributed by atoms with Gasteiger partial charge in [0.05, 0.1) is 10.5 Å². The molecule has 0 aliphatic heterocycles. The van der Waals surface area contributed by atoms with E-state index in [4.69, 9.17) is 0 Å². The number of carbonyl (C=O) groups is 1. The first-order valence-electron chi connectivity index (χ1n) is 9.75. The minimum absolute atomic E-state index is 0.0753. The van der Waals surface area contributed by atoms with Gasteiger partial charge < -0.3 is 10.7 Å². The molecular formula is C23H20F3N2O4S-. The monoisotopic (exact) mass is 477 g/mol. The van der Waals surface area contributed by atoms with Crippen LogP contribution in [0.2, 0.25) is 0 Å². The van der Waals surface area contributed by atoms with Gasteiger partial charge in [-0.1, -0.05) is 42.5 Å². The van der Waals surface area contributed by atoms with E-state index >= 15 is 0 Å². The first kappa shape index (κ1) is 24.4. The largest absolute Gasteiger partial charge is 0.759 e. The first-order valence-corrected chi connectivity index (χ1v) is 11.2. The van der Waals surface area contributed by atoms with E-state index in [-0.39, 0.29) is 18.7 Å². The number of hydrogen-bond donors (Lipinski definition) is 1. The number of rotatable bonds is 7. The molecule has 0 radical (unpaired) electrons. The summed E-state index contributed by atoms with van der Waals surface area (Å²) in [6, 6.07) is 16.4. The quantitative estimate of drug-likeness (QED) is 0.503. The molecule has 0 atom stereocenters. The smallest absolute Gasteiger partial charge is 0.416 e. The minimum atomic E-state index is -4.69. The fourth-order valence-electron chi connectivity index (χ4n) is 3.21. The molecule has 0 spiro atoms. The molecule has 0 bridgehead atoms. The average molecular weight is 477 g/mol. The van der Waals surface area contributed by atoms with E-state index in [2.05, 4.69) is 0 Å². The molecule has 0 heterocycles. The number of carbonyl (C=O) groups excluding carboxylic acids is 1. The van der Waals surface area contributed by atoms with Crippen LogP contribution in [0, 0.1) is 12.1 Å². The normalized spacial score (nSPS) is 12.1. The van der Waals surface area contributed by atoms with Gasteiger partial charge in [0.25, 0.3) is 0 Å². The van der Waals surface area contributed by atoms with Gasteiger partial charge in [0.2, 0.25) is 15.9 Å². The summed E-state index contributed by atoms with van der Waals surface area (Å²) < 4.78 is 67.4. The number of sulfonamides is 1. The van der Waals surface area contributed by atoms with Gasteiger partial charge in [0.15, 0.2) is 0 Å². The van der Waals surface area contributed by atoms with Crippen LogP contribution in [0.15, 0.2) is 77.7 Å². The number of halogens is 3. The van der Waals surface area contributed by atoms with Gasteiger partial charge >= 0.3 is 6.18 Å². The highest BCUT2D eigenvalue weighted by Gasteiger charge is 2.33. The molecule has 0 saturated heterocycles. The molecular weight excluding hydrogens is 457 g/mol. The maximum absolute atomic E-state index is 13.4. The van der Waals surface area contributed by atoms with Crippen molar-refractivity contribution >= 4 is 15.9 Å². The molecule has 0 aliphatic rings. The van der Waals surface area contributed by atoms with Crippen molar-refractivity contribution in [3.8, 4) is 0 Å². The topological polar surface area (TPSA) is 89.5 Å². The number of hydroxylamine groups is 1. The Hall–Kier alpha value is -3.21. The fraction of sp³-hybridized carbons (Fsp3) is 0.174. The summed E-state index contributed by atoms with van der Waals surface area (Å²) in [4.78, 5) is 11.0. The zero-order valence-electron chi connectivity index (χ0n) is 17.5. The lowest BCUT2D eigenvalue weighted by Gasteiger charge is -2.24. The first-order chi connectivity index (χ1) is 15.5. The molecule has 0 aliphatic carbocycles. The van der Waals surface area contributed by atoms with Crippen molar-refractivity contribution in [2.45, 2.75) is 31.1 Å². The zero-order chi connectivity index (χ0) is 24.2. The molecule has 10 heteroatoms. The molecule has 33 heavy (non-hydrogen) atoms. The second kappa shape index (κ2) is 9.74. The van der Waals surface area contributed by atoms with E-state index in [9.17, 15) is 31.6 Å². The van der Waals surface area contributed by atoms with Crippen LogP contribution in [0.1, 0.15) is 32.6 Å². The summed E-state index contributed by atoms with van der Waals surface area (Å²) in [6.45, 7) is 1.57. The third kappa shape index (κ3) is 5.78. The molecule has 0 aromatic heterocycles. The number of hydrogen-bond acceptors (Lipinski definition) is 4. The van der Waals surface area contributed by atoms with Gasteiger partial charge in [-0.3, -0.25) is 4.79 Å². The van der Waals surface area contributed by atoms with Crippen LogP contribution in [-0.2, 0) is 29.3 Å². The Labute approximate surface area is 189 Å². The molecule has 174 valence electrons. The highest BCUT2D eigenvalue weighted by molar-refractivity contribution is 7.89. The predicted octanol–water partition coefficient (Wildman–Crippen LogP) is 4.63. The standard InChI is InChI=1S/C23H20F3N2O4S/c1-16-5-2-3-6-19(16)15-28(14-17-9-11-18(12-10-17)22(29)27-30)33(31,32)21-8-4-7-20(13-21)23(24,25)26/h2-13H,14-15H2,1H3,(H-,27,29,30)/q-1. The van der Waals surface area contributed by atoms with E-state index in [1.165, 1.54) is 29.7 Å². The van der Waals surface area contributed by atoms with Gasteiger partial charge in [-0.2, -0.15) is 17.5 Å². The van der Waals surface area contributed by atoms with Crippen LogP contribution in [0.5, 0.6) is 0 Å². The predicted molar refractivity (Wildman–Crippen MR) is 116 cm³/mol. The molecule has 0 unspecified atom stereocenters. The third-order valence-corrected chi connectivity index (χ3v) is 6.86. The highest BCUT2D eigenvalue weighted by Crippen LogP contribution is 2.32. The Morgan fingerprint density at radius 1 is 0.970 bits per heavy atom. The van der Waals surface area contributed by atoms with Crippen molar-refractivity contribution in [2.75, 3.05) is 0 Å². The van der Waals surface area contributed by atoms with E-state index in [0.717, 1.165) is 28.1 Å². The summed E-state index contributed by atoms with van der Waals surface area (Å²) in [5.74, 6) is -0.838. The van der Waals surface area contributed by atoms with Gasteiger partial charge in [-0.05, 0) is 53.9 Å².